The zero-order valence-electron chi connectivity index (χ0n) is 15.9. The highest BCUT2D eigenvalue weighted by Crippen LogP contribution is 2.10. The summed E-state index contributed by atoms with van der Waals surface area (Å²) in [5.74, 6) is 0. The molecule has 0 heterocycles. The van der Waals surface area contributed by atoms with Gasteiger partial charge in [-0.3, -0.25) is 0 Å². The molecule has 0 saturated carbocycles. The minimum Gasteiger partial charge on any atom is -0.396 e. The van der Waals surface area contributed by atoms with Gasteiger partial charge in [0.05, 0.1) is 0 Å². The van der Waals surface area contributed by atoms with Crippen molar-refractivity contribution in [1.29, 1.82) is 0 Å². The number of unbranched alkanes of at least 4 members (excludes halogenated alkanes) is 14. The van der Waals surface area contributed by atoms with Crippen LogP contribution in [-0.2, 0) is 0 Å². The predicted molar refractivity (Wildman–Crippen MR) is 102 cm³/mol. The van der Waals surface area contributed by atoms with Gasteiger partial charge in [-0.25, -0.2) is 0 Å². The number of aliphatic hydroxyl groups excluding tert-OH is 4. The normalized spacial score (nSPS) is 10.5. The smallest absolute Gasteiger partial charge is 0.0431 e. The van der Waals surface area contributed by atoms with E-state index >= 15 is 0 Å². The van der Waals surface area contributed by atoms with Crippen molar-refractivity contribution in [3.63, 3.8) is 0 Å². The molecule has 0 saturated heterocycles. The molecule has 0 unspecified atom stereocenters. The summed E-state index contributed by atoms with van der Waals surface area (Å²) in [6, 6.07) is 0. The number of rotatable bonds is 18. The minimum absolute atomic E-state index is 0.319. The monoisotopic (exact) mass is 348 g/mol. The molecule has 0 aromatic carbocycles. The van der Waals surface area contributed by atoms with Crippen LogP contribution in [0.5, 0.6) is 0 Å². The van der Waals surface area contributed by atoms with E-state index in [2.05, 4.69) is 0 Å². The van der Waals surface area contributed by atoms with Crippen LogP contribution in [0.3, 0.4) is 0 Å². The fourth-order valence-corrected chi connectivity index (χ4v) is 2.57. The molecule has 4 heteroatoms. The first-order chi connectivity index (χ1) is 11.8. The standard InChI is InChI=1S/C12H26O2.C8H18O2/c13-11-9-7-5-3-1-2-4-6-8-10-12-14;9-7-5-3-1-2-4-6-8-10/h13-14H,1-12H2;9-10H,1-8H2. The molecule has 0 atom stereocenters. The summed E-state index contributed by atoms with van der Waals surface area (Å²) in [6.45, 7) is 1.34. The Morgan fingerprint density at radius 2 is 0.333 bits per heavy atom. The molecular weight excluding hydrogens is 304 g/mol. The summed E-state index contributed by atoms with van der Waals surface area (Å²) in [5, 5.41) is 34.0. The second-order valence-electron chi connectivity index (χ2n) is 6.55. The lowest BCUT2D eigenvalue weighted by Gasteiger charge is -2.01. The van der Waals surface area contributed by atoms with E-state index in [9.17, 15) is 0 Å². The van der Waals surface area contributed by atoms with Crippen LogP contribution in [0.15, 0.2) is 0 Å². The molecule has 4 N–H and O–H groups in total. The van der Waals surface area contributed by atoms with Gasteiger partial charge >= 0.3 is 0 Å². The third-order valence-electron chi connectivity index (χ3n) is 4.13. The molecule has 24 heavy (non-hydrogen) atoms. The van der Waals surface area contributed by atoms with E-state index in [-0.39, 0.29) is 0 Å². The van der Waals surface area contributed by atoms with Crippen molar-refractivity contribution in [3.05, 3.63) is 0 Å². The molecule has 0 aliphatic carbocycles. The Balaban J connectivity index is 0. The molecule has 4 nitrogen and oxygen atoms in total. The van der Waals surface area contributed by atoms with Crippen LogP contribution in [0.4, 0.5) is 0 Å². The van der Waals surface area contributed by atoms with Gasteiger partial charge in [0.1, 0.15) is 0 Å². The molecular formula is C20H44O4. The molecule has 0 fully saturated rings. The first kappa shape index (κ1) is 26.1. The largest absolute Gasteiger partial charge is 0.396 e. The van der Waals surface area contributed by atoms with Gasteiger partial charge in [0, 0.05) is 26.4 Å². The van der Waals surface area contributed by atoms with E-state index in [4.69, 9.17) is 20.4 Å². The maximum absolute atomic E-state index is 8.57. The highest BCUT2D eigenvalue weighted by atomic mass is 16.3. The van der Waals surface area contributed by atoms with Crippen molar-refractivity contribution in [2.75, 3.05) is 26.4 Å². The van der Waals surface area contributed by atoms with Gasteiger partial charge in [0.25, 0.3) is 0 Å². The van der Waals surface area contributed by atoms with Crippen LogP contribution in [0.1, 0.15) is 103 Å². The van der Waals surface area contributed by atoms with Crippen molar-refractivity contribution < 1.29 is 20.4 Å². The van der Waals surface area contributed by atoms with Crippen LogP contribution >= 0.6 is 0 Å². The molecule has 0 amide bonds. The second-order valence-corrected chi connectivity index (χ2v) is 6.55. The Labute approximate surface area is 150 Å². The Bertz CT molecular complexity index is 168. The fourth-order valence-electron chi connectivity index (χ4n) is 2.57. The van der Waals surface area contributed by atoms with Gasteiger partial charge in [-0.1, -0.05) is 77.0 Å². The summed E-state index contributed by atoms with van der Waals surface area (Å²) in [4.78, 5) is 0. The van der Waals surface area contributed by atoms with E-state index in [1.807, 2.05) is 0 Å². The first-order valence-corrected chi connectivity index (χ1v) is 10.3. The number of aliphatic hydroxyl groups is 4. The van der Waals surface area contributed by atoms with Crippen LogP contribution in [0.25, 0.3) is 0 Å². The van der Waals surface area contributed by atoms with Gasteiger partial charge in [-0.05, 0) is 25.7 Å². The lowest BCUT2D eigenvalue weighted by Crippen LogP contribution is -1.85. The molecule has 0 aliphatic rings. The van der Waals surface area contributed by atoms with E-state index in [1.165, 1.54) is 64.2 Å². The van der Waals surface area contributed by atoms with Crippen molar-refractivity contribution in [2.24, 2.45) is 0 Å². The van der Waals surface area contributed by atoms with E-state index < -0.39 is 0 Å². The Kier molecular flexibility index (Phi) is 30.1. The Morgan fingerprint density at radius 3 is 0.458 bits per heavy atom. The molecule has 0 radical (unpaired) electrons. The predicted octanol–water partition coefficient (Wildman–Crippen LogP) is 4.18. The number of hydrogen-bond acceptors (Lipinski definition) is 4. The topological polar surface area (TPSA) is 80.9 Å². The third kappa shape index (κ3) is 29.8. The van der Waals surface area contributed by atoms with Crippen LogP contribution in [-0.4, -0.2) is 46.9 Å². The highest BCUT2D eigenvalue weighted by Gasteiger charge is 1.92. The fraction of sp³-hybridized carbons (Fsp3) is 1.00. The molecule has 0 aliphatic heterocycles. The SMILES string of the molecule is OCCCCCCCCCCCCO.OCCCCCCCCO. The quantitative estimate of drug-likeness (QED) is 0.280. The average molecular weight is 349 g/mol. The van der Waals surface area contributed by atoms with E-state index in [1.54, 1.807) is 0 Å². The van der Waals surface area contributed by atoms with Crippen molar-refractivity contribution in [2.45, 2.75) is 103 Å². The number of hydrogen-bond donors (Lipinski definition) is 4. The van der Waals surface area contributed by atoms with Crippen LogP contribution in [0.2, 0.25) is 0 Å². The highest BCUT2D eigenvalue weighted by molar-refractivity contribution is 4.47. The van der Waals surface area contributed by atoms with Gasteiger partial charge in [-0.2, -0.15) is 0 Å². The maximum Gasteiger partial charge on any atom is 0.0431 e. The van der Waals surface area contributed by atoms with Crippen LogP contribution in [0, 0.1) is 0 Å². The van der Waals surface area contributed by atoms with Crippen molar-refractivity contribution in [3.8, 4) is 0 Å². The lowest BCUT2D eigenvalue weighted by atomic mass is 10.1. The first-order valence-electron chi connectivity index (χ1n) is 10.3. The summed E-state index contributed by atoms with van der Waals surface area (Å²) in [7, 11) is 0. The molecule has 148 valence electrons. The molecule has 0 aromatic rings. The zero-order chi connectivity index (χ0) is 18.1. The van der Waals surface area contributed by atoms with Gasteiger partial charge in [-0.15, -0.1) is 0 Å². The summed E-state index contributed by atoms with van der Waals surface area (Å²) in [5.41, 5.74) is 0. The molecule has 0 rings (SSSR count). The molecule has 0 bridgehead atoms. The van der Waals surface area contributed by atoms with Crippen molar-refractivity contribution >= 4 is 0 Å². The zero-order valence-corrected chi connectivity index (χ0v) is 15.9. The Hall–Kier alpha value is -0.160. The summed E-state index contributed by atoms with van der Waals surface area (Å²) < 4.78 is 0. The second kappa shape index (κ2) is 27.7. The van der Waals surface area contributed by atoms with E-state index in [0.717, 1.165) is 38.5 Å². The van der Waals surface area contributed by atoms with E-state index in [0.29, 0.717) is 26.4 Å². The Morgan fingerprint density at radius 1 is 0.208 bits per heavy atom. The van der Waals surface area contributed by atoms with Crippen molar-refractivity contribution in [1.82, 2.24) is 0 Å². The molecule has 0 aromatic heterocycles. The average Bonchev–Trinajstić information content (AvgIpc) is 2.60. The maximum atomic E-state index is 8.57. The van der Waals surface area contributed by atoms with Gasteiger partial charge < -0.3 is 20.4 Å². The van der Waals surface area contributed by atoms with Gasteiger partial charge in [0.15, 0.2) is 0 Å². The summed E-state index contributed by atoms with van der Waals surface area (Å²) >= 11 is 0. The molecule has 0 spiro atoms. The van der Waals surface area contributed by atoms with Gasteiger partial charge in [0.2, 0.25) is 0 Å². The minimum atomic E-state index is 0.319. The summed E-state index contributed by atoms with van der Waals surface area (Å²) in [6.07, 6.45) is 18.7. The lowest BCUT2D eigenvalue weighted by molar-refractivity contribution is 0.275. The van der Waals surface area contributed by atoms with Crippen LogP contribution < -0.4 is 0 Å². The third-order valence-corrected chi connectivity index (χ3v) is 4.13.